The van der Waals surface area contributed by atoms with Crippen molar-refractivity contribution in [3.8, 4) is 11.7 Å². The molecule has 0 radical (unpaired) electrons. The summed E-state index contributed by atoms with van der Waals surface area (Å²) < 4.78 is 6.93. The number of rotatable bonds is 7. The molecule has 1 aromatic carbocycles. The number of carbonyl (C=O) groups excluding carboxylic acids is 1. The zero-order valence-electron chi connectivity index (χ0n) is 16.7. The molecular formula is C21H23ClN6O2. The minimum atomic E-state index is 0.00253. The number of methoxy groups -OCH3 is 1. The maximum Gasteiger partial charge on any atom is 0.236 e. The first kappa shape index (κ1) is 20.2. The molecule has 0 spiro atoms. The predicted octanol–water partition coefficient (Wildman–Crippen LogP) is 3.00. The molecule has 1 atom stereocenters. The average Bonchev–Trinajstić information content (AvgIpc) is 3.45. The van der Waals surface area contributed by atoms with Gasteiger partial charge in [-0.25, -0.2) is 9.97 Å². The molecule has 1 fully saturated rings. The quantitative estimate of drug-likeness (QED) is 0.625. The lowest BCUT2D eigenvalue weighted by molar-refractivity contribution is -0.121. The van der Waals surface area contributed by atoms with Crippen molar-refractivity contribution in [1.82, 2.24) is 24.8 Å². The van der Waals surface area contributed by atoms with Crippen LogP contribution in [0.25, 0.3) is 5.95 Å². The fourth-order valence-corrected chi connectivity index (χ4v) is 3.94. The summed E-state index contributed by atoms with van der Waals surface area (Å²) in [4.78, 5) is 27.8. The largest absolute Gasteiger partial charge is 0.495 e. The maximum absolute atomic E-state index is 12.6. The molecule has 3 aromatic rings. The van der Waals surface area contributed by atoms with Crippen molar-refractivity contribution in [2.45, 2.75) is 31.8 Å². The first-order chi connectivity index (χ1) is 14.6. The molecule has 0 bridgehead atoms. The molecule has 0 aliphatic carbocycles. The number of nitrogens with one attached hydrogen (secondary N) is 1. The summed E-state index contributed by atoms with van der Waals surface area (Å²) in [6.45, 7) is 1.29. The Morgan fingerprint density at radius 1 is 1.33 bits per heavy atom. The van der Waals surface area contributed by atoms with E-state index in [2.05, 4.69) is 25.2 Å². The van der Waals surface area contributed by atoms with Gasteiger partial charge in [-0.15, -0.1) is 0 Å². The molecule has 1 N–H and O–H groups in total. The molecule has 1 aliphatic rings. The summed E-state index contributed by atoms with van der Waals surface area (Å²) in [5, 5.41) is 3.52. The lowest BCUT2D eigenvalue weighted by atomic mass is 10.1. The van der Waals surface area contributed by atoms with Gasteiger partial charge in [-0.2, -0.15) is 4.98 Å². The summed E-state index contributed by atoms with van der Waals surface area (Å²) in [6, 6.07) is 7.49. The highest BCUT2D eigenvalue weighted by Gasteiger charge is 2.28. The smallest absolute Gasteiger partial charge is 0.236 e. The molecule has 156 valence electrons. The minimum Gasteiger partial charge on any atom is -0.495 e. The van der Waals surface area contributed by atoms with Gasteiger partial charge >= 0.3 is 0 Å². The van der Waals surface area contributed by atoms with Crippen molar-refractivity contribution < 1.29 is 9.53 Å². The highest BCUT2D eigenvalue weighted by molar-refractivity contribution is 6.32. The van der Waals surface area contributed by atoms with E-state index in [-0.39, 0.29) is 11.9 Å². The number of anilines is 1. The van der Waals surface area contributed by atoms with E-state index in [0.29, 0.717) is 29.7 Å². The molecule has 1 aliphatic heterocycles. The van der Waals surface area contributed by atoms with Crippen LogP contribution in [0.5, 0.6) is 5.75 Å². The van der Waals surface area contributed by atoms with E-state index in [0.717, 1.165) is 30.8 Å². The molecule has 0 saturated carbocycles. The molecule has 8 nitrogen and oxygen atoms in total. The lowest BCUT2D eigenvalue weighted by Crippen LogP contribution is -2.35. The molecule has 30 heavy (non-hydrogen) atoms. The third kappa shape index (κ3) is 4.54. The van der Waals surface area contributed by atoms with Crippen LogP contribution in [0.2, 0.25) is 5.02 Å². The third-order valence-corrected chi connectivity index (χ3v) is 5.46. The molecule has 4 rings (SSSR count). The Balaban J connectivity index is 1.38. The number of benzene rings is 1. The Kier molecular flexibility index (Phi) is 6.13. The number of carbonyl (C=O) groups is 1. The molecule has 9 heteroatoms. The summed E-state index contributed by atoms with van der Waals surface area (Å²) in [7, 11) is 1.58. The second-order valence-corrected chi connectivity index (χ2v) is 7.53. The van der Waals surface area contributed by atoms with Crippen LogP contribution in [0, 0.1) is 0 Å². The molecule has 1 saturated heterocycles. The zero-order chi connectivity index (χ0) is 20.9. The van der Waals surface area contributed by atoms with Gasteiger partial charge in [-0.05, 0) is 36.6 Å². The van der Waals surface area contributed by atoms with Gasteiger partial charge in [0, 0.05) is 44.1 Å². The van der Waals surface area contributed by atoms with E-state index in [9.17, 15) is 4.79 Å². The summed E-state index contributed by atoms with van der Waals surface area (Å²) >= 11 is 6.16. The van der Waals surface area contributed by atoms with Gasteiger partial charge in [0.05, 0.1) is 12.1 Å². The number of imidazole rings is 1. The van der Waals surface area contributed by atoms with Crippen LogP contribution in [0.3, 0.4) is 0 Å². The Hall–Kier alpha value is -3.13. The monoisotopic (exact) mass is 426 g/mol. The number of hydrogen-bond donors (Lipinski definition) is 1. The number of aromatic nitrogens is 4. The molecule has 1 unspecified atom stereocenters. The van der Waals surface area contributed by atoms with E-state index < -0.39 is 0 Å². The molecule has 2 aromatic heterocycles. The van der Waals surface area contributed by atoms with Gasteiger partial charge < -0.3 is 15.0 Å². The zero-order valence-corrected chi connectivity index (χ0v) is 17.4. The second kappa shape index (κ2) is 9.13. The normalized spacial score (nSPS) is 15.9. The van der Waals surface area contributed by atoms with Crippen molar-refractivity contribution in [3.05, 3.63) is 59.8 Å². The topological polar surface area (TPSA) is 85.2 Å². The van der Waals surface area contributed by atoms with Crippen molar-refractivity contribution in [3.63, 3.8) is 0 Å². The molecule has 3 heterocycles. The van der Waals surface area contributed by atoms with Crippen molar-refractivity contribution in [2.75, 3.05) is 18.6 Å². The van der Waals surface area contributed by atoms with Crippen LogP contribution in [0.4, 0.5) is 5.82 Å². The van der Waals surface area contributed by atoms with E-state index >= 15 is 0 Å². The number of hydrogen-bond acceptors (Lipinski definition) is 6. The Labute approximate surface area is 179 Å². The Morgan fingerprint density at radius 3 is 3.00 bits per heavy atom. The number of ether oxygens (including phenoxy) is 1. The number of amides is 1. The average molecular weight is 427 g/mol. The first-order valence-electron chi connectivity index (χ1n) is 9.81. The first-order valence-corrected chi connectivity index (χ1v) is 10.2. The predicted molar refractivity (Wildman–Crippen MR) is 114 cm³/mol. The van der Waals surface area contributed by atoms with Gasteiger partial charge in [0.2, 0.25) is 11.9 Å². The van der Waals surface area contributed by atoms with Crippen LogP contribution in [0.1, 0.15) is 24.8 Å². The van der Waals surface area contributed by atoms with Crippen LogP contribution in [0.15, 0.2) is 49.2 Å². The van der Waals surface area contributed by atoms with Gasteiger partial charge in [-0.3, -0.25) is 9.36 Å². The minimum absolute atomic E-state index is 0.00253. The van der Waals surface area contributed by atoms with Gasteiger partial charge in [0.25, 0.3) is 0 Å². The second-order valence-electron chi connectivity index (χ2n) is 7.12. The van der Waals surface area contributed by atoms with Crippen molar-refractivity contribution >= 4 is 23.3 Å². The maximum atomic E-state index is 12.6. The van der Waals surface area contributed by atoms with Gasteiger partial charge in [0.1, 0.15) is 17.9 Å². The van der Waals surface area contributed by atoms with Crippen molar-refractivity contribution in [1.29, 1.82) is 0 Å². The van der Waals surface area contributed by atoms with E-state index in [1.807, 2.05) is 12.1 Å². The van der Waals surface area contributed by atoms with Gasteiger partial charge in [0.15, 0.2) is 0 Å². The standard InChI is InChI=1S/C21H23ClN6O2/c1-30-18-5-4-15(11-17(18)22)13-25-20(29)12-16-3-2-9-28(16)19-6-7-24-21(26-19)27-10-8-23-14-27/h4-8,10-11,14,16H,2-3,9,12-13H2,1H3,(H,25,29). The number of nitrogens with zero attached hydrogens (tertiary/aromatic N) is 5. The summed E-state index contributed by atoms with van der Waals surface area (Å²) in [5.41, 5.74) is 0.929. The summed E-state index contributed by atoms with van der Waals surface area (Å²) in [6.07, 6.45) is 9.28. The SMILES string of the molecule is COc1ccc(CNC(=O)CC2CCCN2c2ccnc(-n3ccnc3)n2)cc1Cl. The van der Waals surface area contributed by atoms with Crippen LogP contribution in [-0.2, 0) is 11.3 Å². The van der Waals surface area contributed by atoms with E-state index in [1.54, 1.807) is 48.7 Å². The fourth-order valence-electron chi connectivity index (χ4n) is 3.66. The molecule has 1 amide bonds. The highest BCUT2D eigenvalue weighted by atomic mass is 35.5. The third-order valence-electron chi connectivity index (χ3n) is 5.16. The van der Waals surface area contributed by atoms with Crippen molar-refractivity contribution in [2.24, 2.45) is 0 Å². The molecular weight excluding hydrogens is 404 g/mol. The van der Waals surface area contributed by atoms with Crippen LogP contribution < -0.4 is 15.0 Å². The fraction of sp³-hybridized carbons (Fsp3) is 0.333. The van der Waals surface area contributed by atoms with E-state index in [4.69, 9.17) is 16.3 Å². The highest BCUT2D eigenvalue weighted by Crippen LogP contribution is 2.27. The van der Waals surface area contributed by atoms with Crippen LogP contribution >= 0.6 is 11.6 Å². The Morgan fingerprint density at radius 2 is 2.23 bits per heavy atom. The summed E-state index contributed by atoms with van der Waals surface area (Å²) in [5.74, 6) is 2.01. The lowest BCUT2D eigenvalue weighted by Gasteiger charge is -2.25. The number of halogens is 1. The van der Waals surface area contributed by atoms with E-state index in [1.165, 1.54) is 0 Å². The Bertz CT molecular complexity index is 1010. The van der Waals surface area contributed by atoms with Crippen LogP contribution in [-0.4, -0.2) is 45.1 Å². The van der Waals surface area contributed by atoms with Gasteiger partial charge in [-0.1, -0.05) is 17.7 Å².